The van der Waals surface area contributed by atoms with E-state index in [9.17, 15) is 31.2 Å². The Morgan fingerprint density at radius 3 is 2.14 bits per heavy atom. The molecule has 0 saturated carbocycles. The summed E-state index contributed by atoms with van der Waals surface area (Å²) in [6.45, 7) is 5.80. The van der Waals surface area contributed by atoms with Crippen LogP contribution in [0.15, 0.2) is 71.6 Å². The zero-order valence-electron chi connectivity index (χ0n) is 23.5. The highest BCUT2D eigenvalue weighted by atomic mass is 32.2. The van der Waals surface area contributed by atoms with Gasteiger partial charge in [0.05, 0.1) is 10.5 Å². The molecule has 4 N–H and O–H groups in total. The Labute approximate surface area is 243 Å². The van der Waals surface area contributed by atoms with Crippen LogP contribution in [0.25, 0.3) is 11.1 Å². The van der Waals surface area contributed by atoms with E-state index in [0.29, 0.717) is 16.8 Å². The Balaban J connectivity index is 1.62. The Bertz CT molecular complexity index is 1580. The first kappa shape index (κ1) is 31.0. The standard InChI is InChI=1S/C30H33F3N4O4S/c1-29(2,3)36-28(39)35-22-11-7-10-21(18-22)27(38)37-16-14-20(15-17-37)25-23(19-8-5-4-6-9-19)12-13-24(42(34,40)41)26(25)30(31,32)33/h4-13,18,20H,14-17H2,1-3H3,(H2,34,40,41)(H2,35,36,39). The molecule has 0 radical (unpaired) electrons. The Hall–Kier alpha value is -3.90. The minimum Gasteiger partial charge on any atom is -0.339 e. The Morgan fingerprint density at radius 1 is 0.929 bits per heavy atom. The van der Waals surface area contributed by atoms with Gasteiger partial charge in [0.25, 0.3) is 5.91 Å². The van der Waals surface area contributed by atoms with E-state index in [1.807, 2.05) is 20.8 Å². The maximum absolute atomic E-state index is 14.5. The largest absolute Gasteiger partial charge is 0.418 e. The third-order valence-corrected chi connectivity index (χ3v) is 7.88. The van der Waals surface area contributed by atoms with Gasteiger partial charge in [-0.25, -0.2) is 18.4 Å². The van der Waals surface area contributed by atoms with E-state index in [-0.39, 0.29) is 43.0 Å². The third-order valence-electron chi connectivity index (χ3n) is 6.93. The zero-order chi connectivity index (χ0) is 30.9. The first-order valence-electron chi connectivity index (χ1n) is 13.4. The smallest absolute Gasteiger partial charge is 0.339 e. The Kier molecular flexibility index (Phi) is 8.70. The van der Waals surface area contributed by atoms with Crippen LogP contribution in [0.2, 0.25) is 0 Å². The van der Waals surface area contributed by atoms with Crippen LogP contribution in [-0.4, -0.2) is 43.9 Å². The average molecular weight is 603 g/mol. The molecular formula is C30H33F3N4O4S. The molecule has 12 heteroatoms. The first-order valence-corrected chi connectivity index (χ1v) is 14.9. The number of hydrogen-bond donors (Lipinski definition) is 3. The van der Waals surface area contributed by atoms with E-state index in [1.165, 1.54) is 6.07 Å². The lowest BCUT2D eigenvalue weighted by Crippen LogP contribution is -2.43. The highest BCUT2D eigenvalue weighted by molar-refractivity contribution is 7.89. The molecular weight excluding hydrogens is 569 g/mol. The lowest BCUT2D eigenvalue weighted by molar-refractivity contribution is -0.140. The van der Waals surface area contributed by atoms with Gasteiger partial charge in [0, 0.05) is 29.9 Å². The van der Waals surface area contributed by atoms with Gasteiger partial charge in [-0.15, -0.1) is 0 Å². The average Bonchev–Trinajstić information content (AvgIpc) is 2.90. The fourth-order valence-corrected chi connectivity index (χ4v) is 5.98. The molecule has 0 aromatic heterocycles. The predicted molar refractivity (Wildman–Crippen MR) is 154 cm³/mol. The van der Waals surface area contributed by atoms with Crippen molar-refractivity contribution in [2.45, 2.75) is 56.1 Å². The van der Waals surface area contributed by atoms with E-state index in [2.05, 4.69) is 10.6 Å². The van der Waals surface area contributed by atoms with E-state index in [0.717, 1.165) is 6.07 Å². The molecule has 3 amide bonds. The molecule has 1 aliphatic heterocycles. The molecule has 1 saturated heterocycles. The summed E-state index contributed by atoms with van der Waals surface area (Å²) in [5.41, 5.74) is -0.336. The summed E-state index contributed by atoms with van der Waals surface area (Å²) in [6, 6.07) is 16.7. The third kappa shape index (κ3) is 7.29. The van der Waals surface area contributed by atoms with E-state index >= 15 is 0 Å². The van der Waals surface area contributed by atoms with Crippen LogP contribution in [0, 0.1) is 0 Å². The SMILES string of the molecule is CC(C)(C)NC(=O)Nc1cccc(C(=O)N2CCC(c3c(-c4ccccc4)ccc(S(N)(=O)=O)c3C(F)(F)F)CC2)c1. The number of halogens is 3. The van der Waals surface area contributed by atoms with Crippen molar-refractivity contribution < 1.29 is 31.2 Å². The molecule has 224 valence electrons. The first-order chi connectivity index (χ1) is 19.5. The van der Waals surface area contributed by atoms with Crippen molar-refractivity contribution in [2.24, 2.45) is 5.14 Å². The molecule has 0 aliphatic carbocycles. The van der Waals surface area contributed by atoms with Crippen LogP contribution in [0.3, 0.4) is 0 Å². The quantitative estimate of drug-likeness (QED) is 0.334. The minimum atomic E-state index is -4.98. The molecule has 0 atom stereocenters. The van der Waals surface area contributed by atoms with Crippen LogP contribution in [0.4, 0.5) is 23.7 Å². The summed E-state index contributed by atoms with van der Waals surface area (Å²) in [7, 11) is -4.68. The van der Waals surface area contributed by atoms with E-state index in [1.54, 1.807) is 59.5 Å². The fraction of sp³-hybridized carbons (Fsp3) is 0.333. The molecule has 1 aliphatic rings. The van der Waals surface area contributed by atoms with E-state index in [4.69, 9.17) is 5.14 Å². The number of likely N-dealkylation sites (tertiary alicyclic amines) is 1. The van der Waals surface area contributed by atoms with Gasteiger partial charge in [-0.3, -0.25) is 4.79 Å². The van der Waals surface area contributed by atoms with Crippen molar-refractivity contribution >= 4 is 27.6 Å². The lowest BCUT2D eigenvalue weighted by Gasteiger charge is -2.35. The lowest BCUT2D eigenvalue weighted by atomic mass is 9.81. The van der Waals surface area contributed by atoms with Gasteiger partial charge in [-0.2, -0.15) is 13.2 Å². The highest BCUT2D eigenvalue weighted by Gasteiger charge is 2.42. The molecule has 3 aromatic rings. The number of carbonyl (C=O) groups excluding carboxylic acids is 2. The molecule has 4 rings (SSSR count). The number of sulfonamides is 1. The van der Waals surface area contributed by atoms with Gasteiger partial charge < -0.3 is 15.5 Å². The van der Waals surface area contributed by atoms with Crippen molar-refractivity contribution in [3.8, 4) is 11.1 Å². The normalized spacial score (nSPS) is 14.9. The molecule has 1 fully saturated rings. The molecule has 3 aromatic carbocycles. The number of piperidine rings is 1. The maximum Gasteiger partial charge on any atom is 0.418 e. The van der Waals surface area contributed by atoms with Crippen LogP contribution in [0.1, 0.15) is 61.0 Å². The van der Waals surface area contributed by atoms with Gasteiger partial charge in [0.15, 0.2) is 0 Å². The fourth-order valence-electron chi connectivity index (χ4n) is 5.21. The number of anilines is 1. The van der Waals surface area contributed by atoms with Crippen molar-refractivity contribution in [3.05, 3.63) is 83.4 Å². The van der Waals surface area contributed by atoms with Crippen LogP contribution in [-0.2, 0) is 16.2 Å². The molecule has 0 spiro atoms. The number of benzene rings is 3. The number of urea groups is 1. The number of hydrogen-bond acceptors (Lipinski definition) is 4. The monoisotopic (exact) mass is 602 g/mol. The number of amides is 3. The summed E-state index contributed by atoms with van der Waals surface area (Å²) in [5, 5.41) is 10.7. The molecule has 0 bridgehead atoms. The van der Waals surface area contributed by atoms with E-state index < -0.39 is 44.1 Å². The predicted octanol–water partition coefficient (Wildman–Crippen LogP) is 5.96. The summed E-state index contributed by atoms with van der Waals surface area (Å²) in [6.07, 6.45) is -4.63. The summed E-state index contributed by atoms with van der Waals surface area (Å²) >= 11 is 0. The summed E-state index contributed by atoms with van der Waals surface area (Å²) < 4.78 is 68.0. The highest BCUT2D eigenvalue weighted by Crippen LogP contribution is 2.46. The topological polar surface area (TPSA) is 122 Å². The molecule has 42 heavy (non-hydrogen) atoms. The summed E-state index contributed by atoms with van der Waals surface area (Å²) in [4.78, 5) is 26.2. The molecule has 0 unspecified atom stereocenters. The van der Waals surface area contributed by atoms with Gasteiger partial charge >= 0.3 is 12.2 Å². The Morgan fingerprint density at radius 2 is 1.57 bits per heavy atom. The van der Waals surface area contributed by atoms with Crippen LogP contribution in [0.5, 0.6) is 0 Å². The van der Waals surface area contributed by atoms with Crippen molar-refractivity contribution in [1.82, 2.24) is 10.2 Å². The van der Waals surface area contributed by atoms with Crippen molar-refractivity contribution in [3.63, 3.8) is 0 Å². The second-order valence-electron chi connectivity index (χ2n) is 11.3. The number of nitrogens with two attached hydrogens (primary N) is 1. The number of nitrogens with zero attached hydrogens (tertiary/aromatic N) is 1. The second kappa shape index (κ2) is 11.8. The van der Waals surface area contributed by atoms with Crippen molar-refractivity contribution in [1.29, 1.82) is 0 Å². The molecule has 1 heterocycles. The van der Waals surface area contributed by atoms with Crippen molar-refractivity contribution in [2.75, 3.05) is 18.4 Å². The van der Waals surface area contributed by atoms with Gasteiger partial charge in [0.2, 0.25) is 10.0 Å². The van der Waals surface area contributed by atoms with Crippen LogP contribution >= 0.6 is 0 Å². The summed E-state index contributed by atoms with van der Waals surface area (Å²) in [5.74, 6) is -1.01. The number of alkyl halides is 3. The zero-order valence-corrected chi connectivity index (χ0v) is 24.3. The van der Waals surface area contributed by atoms with Crippen LogP contribution < -0.4 is 15.8 Å². The number of carbonyl (C=O) groups is 2. The van der Waals surface area contributed by atoms with Gasteiger partial charge in [-0.1, -0.05) is 42.5 Å². The number of nitrogens with one attached hydrogen (secondary N) is 2. The molecule has 8 nitrogen and oxygen atoms in total. The maximum atomic E-state index is 14.5. The van der Waals surface area contributed by atoms with Gasteiger partial charge in [0.1, 0.15) is 0 Å². The minimum absolute atomic E-state index is 0.136. The van der Waals surface area contributed by atoms with Gasteiger partial charge in [-0.05, 0) is 80.5 Å². The number of rotatable bonds is 5. The number of primary sulfonamides is 1. The second-order valence-corrected chi connectivity index (χ2v) is 12.8.